The molecule has 1 aromatic heterocycles. The van der Waals surface area contributed by atoms with Gasteiger partial charge in [-0.2, -0.15) is 0 Å². The molecule has 0 fully saturated rings. The highest BCUT2D eigenvalue weighted by Crippen LogP contribution is 2.31. The lowest BCUT2D eigenvalue weighted by Gasteiger charge is -2.16. The Morgan fingerprint density at radius 3 is 2.44 bits per heavy atom. The highest BCUT2D eigenvalue weighted by Gasteiger charge is 2.18. The molecule has 5 nitrogen and oxygen atoms in total. The van der Waals surface area contributed by atoms with Crippen LogP contribution in [0.5, 0.6) is 5.75 Å². The number of hydrogen-bond acceptors (Lipinski definition) is 5. The van der Waals surface area contributed by atoms with Crippen molar-refractivity contribution < 1.29 is 18.7 Å². The summed E-state index contributed by atoms with van der Waals surface area (Å²) in [6, 6.07) is 14.6. The zero-order chi connectivity index (χ0) is 19.6. The zero-order valence-electron chi connectivity index (χ0n) is 15.8. The molecule has 0 unspecified atom stereocenters. The monoisotopic (exact) mass is 366 g/mol. The fraction of sp³-hybridized carbons (Fsp3) is 0.273. The van der Waals surface area contributed by atoms with Gasteiger partial charge in [-0.15, -0.1) is 0 Å². The molecule has 140 valence electrons. The van der Waals surface area contributed by atoms with E-state index in [-0.39, 0.29) is 6.10 Å². The first-order valence-electron chi connectivity index (χ1n) is 8.86. The summed E-state index contributed by atoms with van der Waals surface area (Å²) < 4.78 is 16.2. The Balaban J connectivity index is 1.98. The lowest BCUT2D eigenvalue weighted by atomic mass is 9.98. The van der Waals surface area contributed by atoms with Crippen molar-refractivity contribution in [3.8, 4) is 16.9 Å². The van der Waals surface area contributed by atoms with Gasteiger partial charge in [0, 0.05) is 23.1 Å². The van der Waals surface area contributed by atoms with E-state index in [0.717, 1.165) is 22.1 Å². The summed E-state index contributed by atoms with van der Waals surface area (Å²) in [6.45, 7) is 7.18. The van der Waals surface area contributed by atoms with Gasteiger partial charge >= 0.3 is 11.6 Å². The summed E-state index contributed by atoms with van der Waals surface area (Å²) >= 11 is 0. The fourth-order valence-corrected chi connectivity index (χ4v) is 2.89. The standard InChI is InChI=1S/C22H22O5/c1-13(2)25-22(24)15(4)26-16-9-10-18-19(12-21(23)27-20(18)11-16)17-8-6-5-7-14(17)3/h5-13,15H,1-4H3/t15-/m1/s1. The van der Waals surface area contributed by atoms with Crippen molar-refractivity contribution >= 4 is 16.9 Å². The largest absolute Gasteiger partial charge is 0.479 e. The zero-order valence-corrected chi connectivity index (χ0v) is 15.8. The summed E-state index contributed by atoms with van der Waals surface area (Å²) in [5.41, 5.74) is 2.80. The number of fused-ring (bicyclic) bond motifs is 1. The number of hydrogen-bond donors (Lipinski definition) is 0. The maximum absolute atomic E-state index is 12.1. The van der Waals surface area contributed by atoms with Crippen molar-refractivity contribution in [2.24, 2.45) is 0 Å². The molecule has 0 bridgehead atoms. The normalized spacial score (nSPS) is 12.2. The highest BCUT2D eigenvalue weighted by atomic mass is 16.6. The van der Waals surface area contributed by atoms with Crippen LogP contribution < -0.4 is 10.4 Å². The van der Waals surface area contributed by atoms with Crippen LogP contribution in [0.25, 0.3) is 22.1 Å². The minimum Gasteiger partial charge on any atom is -0.479 e. The summed E-state index contributed by atoms with van der Waals surface area (Å²) in [5, 5.41) is 0.800. The van der Waals surface area contributed by atoms with Gasteiger partial charge < -0.3 is 13.9 Å². The molecule has 27 heavy (non-hydrogen) atoms. The van der Waals surface area contributed by atoms with Crippen LogP contribution in [0.4, 0.5) is 0 Å². The second-order valence-electron chi connectivity index (χ2n) is 6.70. The average Bonchev–Trinajstić information content (AvgIpc) is 2.60. The third kappa shape index (κ3) is 4.19. The van der Waals surface area contributed by atoms with Gasteiger partial charge in [0.2, 0.25) is 0 Å². The maximum atomic E-state index is 12.1. The van der Waals surface area contributed by atoms with Crippen LogP contribution in [0.15, 0.2) is 57.7 Å². The van der Waals surface area contributed by atoms with E-state index in [1.54, 1.807) is 32.9 Å². The highest BCUT2D eigenvalue weighted by molar-refractivity contribution is 5.94. The minimum atomic E-state index is -0.767. The van der Waals surface area contributed by atoms with Crippen molar-refractivity contribution in [1.82, 2.24) is 0 Å². The van der Waals surface area contributed by atoms with Gasteiger partial charge in [0.1, 0.15) is 11.3 Å². The number of benzene rings is 2. The molecular formula is C22H22O5. The van der Waals surface area contributed by atoms with Crippen LogP contribution in [0.2, 0.25) is 0 Å². The third-order valence-corrected chi connectivity index (χ3v) is 4.15. The van der Waals surface area contributed by atoms with Gasteiger partial charge in [-0.3, -0.25) is 0 Å². The van der Waals surface area contributed by atoms with Gasteiger partial charge in [-0.1, -0.05) is 24.3 Å². The van der Waals surface area contributed by atoms with Crippen molar-refractivity contribution in [2.45, 2.75) is 39.9 Å². The molecule has 0 aliphatic carbocycles. The van der Waals surface area contributed by atoms with E-state index in [2.05, 4.69) is 0 Å². The van der Waals surface area contributed by atoms with Gasteiger partial charge in [0.15, 0.2) is 6.10 Å². The van der Waals surface area contributed by atoms with Crippen molar-refractivity contribution in [3.63, 3.8) is 0 Å². The lowest BCUT2D eigenvalue weighted by molar-refractivity contribution is -0.154. The van der Waals surface area contributed by atoms with Crippen LogP contribution in [0, 0.1) is 6.92 Å². The van der Waals surface area contributed by atoms with E-state index >= 15 is 0 Å². The number of esters is 1. The van der Waals surface area contributed by atoms with E-state index in [1.165, 1.54) is 6.07 Å². The topological polar surface area (TPSA) is 65.7 Å². The molecule has 0 aliphatic rings. The molecular weight excluding hydrogens is 344 g/mol. The Bertz CT molecular complexity index is 1030. The van der Waals surface area contributed by atoms with Crippen LogP contribution in [0.3, 0.4) is 0 Å². The second kappa shape index (κ2) is 7.66. The quantitative estimate of drug-likeness (QED) is 0.492. The van der Waals surface area contributed by atoms with Gasteiger partial charge in [-0.25, -0.2) is 9.59 Å². The van der Waals surface area contributed by atoms with Gasteiger partial charge in [0.25, 0.3) is 0 Å². The Kier molecular flexibility index (Phi) is 5.31. The Labute approximate surface area is 157 Å². The summed E-state index contributed by atoms with van der Waals surface area (Å²) in [7, 11) is 0. The van der Waals surface area contributed by atoms with Crippen LogP contribution in [-0.2, 0) is 9.53 Å². The molecule has 2 aromatic carbocycles. The van der Waals surface area contributed by atoms with E-state index in [4.69, 9.17) is 13.9 Å². The van der Waals surface area contributed by atoms with Crippen LogP contribution in [0.1, 0.15) is 26.3 Å². The maximum Gasteiger partial charge on any atom is 0.347 e. The number of aryl methyl sites for hydroxylation is 1. The molecule has 5 heteroatoms. The molecule has 0 amide bonds. The summed E-state index contributed by atoms with van der Waals surface area (Å²) in [4.78, 5) is 24.0. The first-order chi connectivity index (χ1) is 12.8. The lowest BCUT2D eigenvalue weighted by Crippen LogP contribution is -2.28. The molecule has 0 saturated carbocycles. The minimum absolute atomic E-state index is 0.213. The number of ether oxygens (including phenoxy) is 2. The molecule has 3 aromatic rings. The number of rotatable bonds is 5. The predicted octanol–water partition coefficient (Wildman–Crippen LogP) is 4.49. The van der Waals surface area contributed by atoms with Crippen LogP contribution in [-0.4, -0.2) is 18.2 Å². The van der Waals surface area contributed by atoms with E-state index in [0.29, 0.717) is 11.3 Å². The van der Waals surface area contributed by atoms with Crippen molar-refractivity contribution in [2.75, 3.05) is 0 Å². The molecule has 1 heterocycles. The Morgan fingerprint density at radius 1 is 1.00 bits per heavy atom. The van der Waals surface area contributed by atoms with Crippen LogP contribution >= 0.6 is 0 Å². The smallest absolute Gasteiger partial charge is 0.347 e. The Hall–Kier alpha value is -3.08. The van der Waals surface area contributed by atoms with Gasteiger partial charge in [0.05, 0.1) is 6.10 Å². The van der Waals surface area contributed by atoms with E-state index < -0.39 is 17.7 Å². The second-order valence-corrected chi connectivity index (χ2v) is 6.70. The summed E-state index contributed by atoms with van der Waals surface area (Å²) in [5.74, 6) is -0.0130. The van der Waals surface area contributed by atoms with E-state index in [9.17, 15) is 9.59 Å². The molecule has 3 rings (SSSR count). The van der Waals surface area contributed by atoms with E-state index in [1.807, 2.05) is 37.3 Å². The molecule has 0 N–H and O–H groups in total. The molecule has 0 radical (unpaired) electrons. The van der Waals surface area contributed by atoms with Gasteiger partial charge in [-0.05, 0) is 51.0 Å². The third-order valence-electron chi connectivity index (χ3n) is 4.15. The molecule has 0 spiro atoms. The summed E-state index contributed by atoms with van der Waals surface area (Å²) in [6.07, 6.45) is -0.981. The average molecular weight is 366 g/mol. The Morgan fingerprint density at radius 2 is 1.74 bits per heavy atom. The van der Waals surface area contributed by atoms with Crippen molar-refractivity contribution in [3.05, 3.63) is 64.5 Å². The SMILES string of the molecule is Cc1ccccc1-c1cc(=O)oc2cc(O[C@H](C)C(=O)OC(C)C)ccc12. The molecule has 1 atom stereocenters. The number of carbonyl (C=O) groups is 1. The first kappa shape index (κ1) is 18.7. The van der Waals surface area contributed by atoms with Crippen molar-refractivity contribution in [1.29, 1.82) is 0 Å². The first-order valence-corrected chi connectivity index (χ1v) is 8.86. The number of carbonyl (C=O) groups excluding carboxylic acids is 1. The predicted molar refractivity (Wildman–Crippen MR) is 104 cm³/mol. The fourth-order valence-electron chi connectivity index (χ4n) is 2.89. The molecule has 0 saturated heterocycles. The molecule has 0 aliphatic heterocycles.